The number of aliphatic hydroxyl groups excluding tert-OH is 4. The molecule has 11 heteroatoms. The van der Waals surface area contributed by atoms with Crippen molar-refractivity contribution >= 4 is 17.6 Å². The van der Waals surface area contributed by atoms with Crippen LogP contribution in [0.3, 0.4) is 0 Å². The van der Waals surface area contributed by atoms with Crippen LogP contribution in [0.4, 0.5) is 0 Å². The van der Waals surface area contributed by atoms with Crippen molar-refractivity contribution in [2.24, 2.45) is 0 Å². The molecule has 0 heterocycles. The van der Waals surface area contributed by atoms with Gasteiger partial charge in [-0.25, -0.2) is 0 Å². The van der Waals surface area contributed by atoms with E-state index < -0.39 is 36.3 Å². The maximum Gasteiger partial charge on any atom is 1.00 e. The molecule has 4 N–H and O–H groups in total. The first kappa shape index (κ1) is 26.2. The molecule has 3 atom stereocenters. The van der Waals surface area contributed by atoms with Crippen LogP contribution in [0.2, 0.25) is 0 Å². The molecule has 0 amide bonds. The van der Waals surface area contributed by atoms with Gasteiger partial charge >= 0.3 is 59.1 Å². The Morgan fingerprint density at radius 2 is 1.50 bits per heavy atom. The van der Waals surface area contributed by atoms with Crippen LogP contribution in [-0.4, -0.2) is 64.9 Å². The van der Waals surface area contributed by atoms with E-state index in [4.69, 9.17) is 33.7 Å². The topological polar surface area (TPSA) is 161 Å². The fourth-order valence-electron chi connectivity index (χ4n) is 0.416. The van der Waals surface area contributed by atoms with Gasteiger partial charge in [-0.2, -0.15) is 0 Å². The molecule has 0 aromatic rings. The average molecular weight is 276 g/mol. The predicted molar refractivity (Wildman–Crippen MR) is 40.9 cm³/mol. The minimum atomic E-state index is -3.11. The fraction of sp³-hybridized carbons (Fsp3) is 0.800. The second-order valence-electron chi connectivity index (χ2n) is 2.07. The second kappa shape index (κ2) is 16.6. The van der Waals surface area contributed by atoms with Crippen LogP contribution >= 0.6 is 0 Å². The summed E-state index contributed by atoms with van der Waals surface area (Å²) in [6, 6.07) is 0. The summed E-state index contributed by atoms with van der Waals surface area (Å²) in [4.78, 5) is 9.76. The smallest absolute Gasteiger partial charge is 0.784 e. The normalized spacial score (nSPS) is 14.4. The Morgan fingerprint density at radius 1 is 1.19 bits per heavy atom. The van der Waals surface area contributed by atoms with E-state index in [9.17, 15) is 4.79 Å². The largest absolute Gasteiger partial charge is 1.00 e. The first-order chi connectivity index (χ1) is 6.36. The third-order valence-corrected chi connectivity index (χ3v) is 1.07. The van der Waals surface area contributed by atoms with Crippen LogP contribution < -0.4 is 59.1 Å². The molecule has 0 fully saturated rings. The van der Waals surface area contributed by atoms with Gasteiger partial charge in [0.2, 0.25) is 0 Å². The van der Waals surface area contributed by atoms with E-state index >= 15 is 0 Å². The van der Waals surface area contributed by atoms with Gasteiger partial charge < -0.3 is 34.3 Å². The predicted octanol–water partition coefficient (Wildman–Crippen LogP) is -9.74. The number of aliphatic hydroxyl groups is 4. The minimum Gasteiger partial charge on any atom is -0.784 e. The van der Waals surface area contributed by atoms with Crippen molar-refractivity contribution in [1.82, 2.24) is 0 Å². The monoisotopic (exact) mass is 276 g/mol. The molecule has 86 valence electrons. The first-order valence-corrected chi connectivity index (χ1v) is 4.23. The summed E-state index contributed by atoms with van der Waals surface area (Å²) >= 11 is -3.11. The van der Waals surface area contributed by atoms with Crippen LogP contribution in [0.5, 0.6) is 0 Å². The van der Waals surface area contributed by atoms with Gasteiger partial charge in [0.15, 0.2) is 6.29 Å². The molecule has 0 radical (unpaired) electrons. The molecule has 0 bridgehead atoms. The van der Waals surface area contributed by atoms with Crippen molar-refractivity contribution in [2.45, 2.75) is 18.3 Å². The van der Waals surface area contributed by atoms with Gasteiger partial charge in [0.25, 0.3) is 0 Å². The molecule has 8 nitrogen and oxygen atoms in total. The average Bonchev–Trinajstić information content (AvgIpc) is 2.13. The summed E-state index contributed by atoms with van der Waals surface area (Å²) < 4.78 is 25.3. The van der Waals surface area contributed by atoms with Gasteiger partial charge in [0, 0.05) is 0 Å². The van der Waals surface area contributed by atoms with E-state index in [1.807, 2.05) is 0 Å². The Kier molecular flexibility index (Phi) is 27.2. The Labute approximate surface area is 139 Å². The van der Waals surface area contributed by atoms with Crippen LogP contribution in [-0.2, 0) is 16.2 Å². The zero-order valence-corrected chi connectivity index (χ0v) is 13.7. The number of hydrogen-bond acceptors (Lipinski definition) is 8. The van der Waals surface area contributed by atoms with Gasteiger partial charge in [-0.1, -0.05) is 0 Å². The van der Waals surface area contributed by atoms with Gasteiger partial charge in [-0.15, -0.1) is 11.4 Å². The zero-order chi connectivity index (χ0) is 11.7. The molecule has 0 rings (SSSR count). The zero-order valence-electron chi connectivity index (χ0n) is 8.85. The number of rotatable bonds is 4. The van der Waals surface area contributed by atoms with Crippen molar-refractivity contribution in [2.75, 3.05) is 6.61 Å². The summed E-state index contributed by atoms with van der Waals surface area (Å²) in [6.07, 6.45) is -4.63. The Morgan fingerprint density at radius 3 is 1.69 bits per heavy atom. The molecule has 3 unspecified atom stereocenters. The van der Waals surface area contributed by atoms with E-state index in [-0.39, 0.29) is 65.4 Å². The summed E-state index contributed by atoms with van der Waals surface area (Å²) in [5.41, 5.74) is 0. The Bertz CT molecular complexity index is 178. The van der Waals surface area contributed by atoms with Crippen LogP contribution in [0.15, 0.2) is 0 Å². The van der Waals surface area contributed by atoms with E-state index in [2.05, 4.69) is 0 Å². The molecule has 0 aromatic heterocycles. The number of hydrogen-bond donors (Lipinski definition) is 4. The van der Waals surface area contributed by atoms with Gasteiger partial charge in [-0.3, -0.25) is 4.21 Å². The summed E-state index contributed by atoms with van der Waals surface area (Å²) in [6.45, 7) is -0.688. The van der Waals surface area contributed by atoms with Crippen molar-refractivity contribution in [3.8, 4) is 0 Å². The van der Waals surface area contributed by atoms with Crippen LogP contribution in [0.1, 0.15) is 0 Å². The van der Waals surface area contributed by atoms with Crippen LogP contribution in [0, 0.1) is 0 Å². The third kappa shape index (κ3) is 18.0. The standard InChI is InChI=1S/C5H10O5.2Na.H2O3S/c6-1-3(8)5(10)4(9)2-7;;;1-4(2)3/h1,3-5,7-10H,2H2;;;(H2,1,2,3)/q;2*+1;/p-2. The van der Waals surface area contributed by atoms with Crippen molar-refractivity contribution in [3.05, 3.63) is 0 Å². The maximum absolute atomic E-state index is 9.76. The first-order valence-electron chi connectivity index (χ1n) is 3.23. The van der Waals surface area contributed by atoms with E-state index in [0.29, 0.717) is 0 Å². The van der Waals surface area contributed by atoms with E-state index in [1.54, 1.807) is 0 Å². The van der Waals surface area contributed by atoms with Gasteiger partial charge in [0.1, 0.15) is 18.3 Å². The summed E-state index contributed by atoms with van der Waals surface area (Å²) in [5, 5.41) is 34.1. The Hall–Kier alpha value is 1.58. The summed E-state index contributed by atoms with van der Waals surface area (Å²) in [5.74, 6) is 0. The van der Waals surface area contributed by atoms with Gasteiger partial charge in [0.05, 0.1) is 6.61 Å². The molecular formula is C5H10Na2O8S. The molecule has 0 saturated carbocycles. The molecule has 0 saturated heterocycles. The van der Waals surface area contributed by atoms with Crippen molar-refractivity contribution in [1.29, 1.82) is 0 Å². The summed E-state index contributed by atoms with van der Waals surface area (Å²) in [7, 11) is 0. The molecule has 0 aliphatic heterocycles. The SMILES string of the molecule is O=CC(O)C(O)C(O)CO.O=S([O-])[O-].[Na+].[Na+]. The van der Waals surface area contributed by atoms with E-state index in [0.717, 1.165) is 0 Å². The number of aldehydes is 1. The quantitative estimate of drug-likeness (QED) is 0.223. The van der Waals surface area contributed by atoms with Crippen molar-refractivity contribution in [3.63, 3.8) is 0 Å². The van der Waals surface area contributed by atoms with Crippen molar-refractivity contribution < 1.29 is 97.6 Å². The molecule has 0 aliphatic rings. The third-order valence-electron chi connectivity index (χ3n) is 1.07. The number of carbonyl (C=O) groups is 1. The van der Waals surface area contributed by atoms with E-state index in [1.165, 1.54) is 0 Å². The molecular weight excluding hydrogens is 266 g/mol. The van der Waals surface area contributed by atoms with Gasteiger partial charge in [-0.05, 0) is 0 Å². The molecule has 0 aliphatic carbocycles. The minimum absolute atomic E-state index is 0. The fourth-order valence-corrected chi connectivity index (χ4v) is 0.416. The molecule has 0 spiro atoms. The molecule has 16 heavy (non-hydrogen) atoms. The second-order valence-corrected chi connectivity index (χ2v) is 2.48. The Balaban J connectivity index is -0.000000105. The number of carbonyl (C=O) groups excluding carboxylic acids is 1. The van der Waals surface area contributed by atoms with Crippen LogP contribution in [0.25, 0.3) is 0 Å². The maximum atomic E-state index is 9.76. The molecule has 0 aromatic carbocycles.